The summed E-state index contributed by atoms with van der Waals surface area (Å²) in [6.07, 6.45) is 5.81. The van der Waals surface area contributed by atoms with Gasteiger partial charge in [-0.3, -0.25) is 9.59 Å². The maximum atomic E-state index is 12.8. The van der Waals surface area contributed by atoms with Gasteiger partial charge in [0.15, 0.2) is 11.6 Å². The van der Waals surface area contributed by atoms with Crippen molar-refractivity contribution in [3.05, 3.63) is 51.9 Å². The molecule has 0 fully saturated rings. The van der Waals surface area contributed by atoms with Gasteiger partial charge >= 0.3 is 0 Å². The Morgan fingerprint density at radius 1 is 0.962 bits per heavy atom. The molecule has 4 heteroatoms. The highest BCUT2D eigenvalue weighted by molar-refractivity contribution is 6.06. The van der Waals surface area contributed by atoms with E-state index in [2.05, 4.69) is 18.3 Å². The van der Waals surface area contributed by atoms with Gasteiger partial charge in [0.1, 0.15) is 11.9 Å². The number of nitrogens with one attached hydrogen (secondary N) is 1. The molecule has 2 aliphatic heterocycles. The molecule has 1 atom stereocenters. The molecule has 0 amide bonds. The van der Waals surface area contributed by atoms with Crippen LogP contribution in [0.25, 0.3) is 0 Å². The molecule has 1 aromatic carbocycles. The molecule has 4 aliphatic rings. The van der Waals surface area contributed by atoms with Crippen molar-refractivity contribution in [2.24, 2.45) is 0 Å². The molecule has 2 heterocycles. The van der Waals surface area contributed by atoms with Crippen molar-refractivity contribution in [2.75, 3.05) is 0 Å². The van der Waals surface area contributed by atoms with Gasteiger partial charge in [0.2, 0.25) is 0 Å². The van der Waals surface area contributed by atoms with Gasteiger partial charge < -0.3 is 10.1 Å². The van der Waals surface area contributed by atoms with Crippen molar-refractivity contribution in [3.63, 3.8) is 0 Å². The van der Waals surface area contributed by atoms with Crippen LogP contribution in [-0.4, -0.2) is 17.7 Å². The molecule has 5 rings (SSSR count). The van der Waals surface area contributed by atoms with Crippen LogP contribution in [0.2, 0.25) is 0 Å². The third kappa shape index (κ3) is 2.35. The van der Waals surface area contributed by atoms with Crippen LogP contribution < -0.4 is 10.1 Å². The predicted molar refractivity (Wildman–Crippen MR) is 97.9 cm³/mol. The zero-order chi connectivity index (χ0) is 17.8. The first-order valence-corrected chi connectivity index (χ1v) is 9.71. The molecule has 1 aromatic rings. The number of Topliss-reactive ketones (excluding diaryl/α,β-unsaturated/α-hetero) is 2. The number of benzene rings is 1. The number of ketones is 2. The lowest BCUT2D eigenvalue weighted by atomic mass is 9.71. The lowest BCUT2D eigenvalue weighted by Crippen LogP contribution is -2.36. The van der Waals surface area contributed by atoms with Crippen LogP contribution in [0, 0.1) is 0 Å². The van der Waals surface area contributed by atoms with Crippen molar-refractivity contribution in [1.82, 2.24) is 5.32 Å². The minimum Gasteiger partial charge on any atom is -0.490 e. The molecular formula is C22H23NO3. The Balaban J connectivity index is 1.67. The summed E-state index contributed by atoms with van der Waals surface area (Å²) in [5, 5.41) is 3.47. The first-order valence-electron chi connectivity index (χ1n) is 9.71. The van der Waals surface area contributed by atoms with E-state index < -0.39 is 0 Å². The first-order chi connectivity index (χ1) is 12.6. The molecule has 0 saturated heterocycles. The largest absolute Gasteiger partial charge is 0.490 e. The summed E-state index contributed by atoms with van der Waals surface area (Å²) in [5.74, 6) is 1.11. The van der Waals surface area contributed by atoms with Crippen molar-refractivity contribution in [1.29, 1.82) is 0 Å². The van der Waals surface area contributed by atoms with Crippen LogP contribution in [0.3, 0.4) is 0 Å². The highest BCUT2D eigenvalue weighted by Gasteiger charge is 2.40. The topological polar surface area (TPSA) is 55.4 Å². The van der Waals surface area contributed by atoms with Crippen LogP contribution in [0.1, 0.15) is 62.5 Å². The van der Waals surface area contributed by atoms with Crippen LogP contribution in [0.4, 0.5) is 0 Å². The summed E-state index contributed by atoms with van der Waals surface area (Å²) in [4.78, 5) is 25.6. The van der Waals surface area contributed by atoms with Gasteiger partial charge in [0.25, 0.3) is 0 Å². The second kappa shape index (κ2) is 5.83. The number of dihydropyridines is 1. The highest BCUT2D eigenvalue weighted by atomic mass is 16.5. The van der Waals surface area contributed by atoms with E-state index in [4.69, 9.17) is 4.74 Å². The number of carbonyl (C=O) groups excluding carboxylic acids is 2. The van der Waals surface area contributed by atoms with Crippen LogP contribution in [0.5, 0.6) is 5.75 Å². The lowest BCUT2D eigenvalue weighted by molar-refractivity contribution is -0.116. The quantitative estimate of drug-likeness (QED) is 0.840. The number of rotatable bonds is 1. The van der Waals surface area contributed by atoms with E-state index in [0.29, 0.717) is 12.8 Å². The Labute approximate surface area is 153 Å². The minimum atomic E-state index is -0.206. The Morgan fingerprint density at radius 3 is 2.27 bits per heavy atom. The second-order valence-corrected chi connectivity index (χ2v) is 7.90. The average Bonchev–Trinajstić information content (AvgIpc) is 2.99. The second-order valence-electron chi connectivity index (χ2n) is 7.90. The average molecular weight is 349 g/mol. The molecule has 0 spiro atoms. The third-order valence-electron chi connectivity index (χ3n) is 6.04. The molecule has 2 aliphatic carbocycles. The Bertz CT molecular complexity index is 851. The first kappa shape index (κ1) is 15.9. The summed E-state index contributed by atoms with van der Waals surface area (Å²) in [7, 11) is 0. The van der Waals surface area contributed by atoms with E-state index in [1.807, 2.05) is 12.1 Å². The molecular weight excluding hydrogens is 326 g/mol. The number of allylic oxidation sites excluding steroid dienone is 4. The van der Waals surface area contributed by atoms with Gasteiger partial charge in [-0.1, -0.05) is 12.1 Å². The molecule has 0 radical (unpaired) electrons. The smallest absolute Gasteiger partial charge is 0.161 e. The molecule has 26 heavy (non-hydrogen) atoms. The maximum Gasteiger partial charge on any atom is 0.161 e. The van der Waals surface area contributed by atoms with Gasteiger partial charge in [0, 0.05) is 47.7 Å². The number of carbonyl (C=O) groups is 2. The molecule has 0 aromatic heterocycles. The van der Waals surface area contributed by atoms with Crippen LogP contribution >= 0.6 is 0 Å². The Hall–Kier alpha value is -2.36. The zero-order valence-corrected chi connectivity index (χ0v) is 15.1. The van der Waals surface area contributed by atoms with Gasteiger partial charge in [-0.05, 0) is 49.8 Å². The summed E-state index contributed by atoms with van der Waals surface area (Å²) in [6, 6.07) is 6.22. The summed E-state index contributed by atoms with van der Waals surface area (Å²) in [6.45, 7) is 2.07. The molecule has 4 nitrogen and oxygen atoms in total. The van der Waals surface area contributed by atoms with Crippen molar-refractivity contribution in [3.8, 4) is 5.75 Å². The number of hydrogen-bond donors (Lipinski definition) is 1. The summed E-state index contributed by atoms with van der Waals surface area (Å²) in [5.41, 5.74) is 6.00. The fourth-order valence-electron chi connectivity index (χ4n) is 4.94. The van der Waals surface area contributed by atoms with Crippen molar-refractivity contribution >= 4 is 11.6 Å². The standard InChI is InChI=1S/C22H23NO3/c1-12-10-14-11-13(8-9-19(14)26-12)20-21-15(4-2-6-17(21)24)23-16-5-3-7-18(25)22(16)20/h8-9,11-12,20,23H,2-7,10H2,1H3/t12-/m1/s1. The van der Waals surface area contributed by atoms with Crippen LogP contribution in [0.15, 0.2) is 40.7 Å². The number of ether oxygens (including phenoxy) is 1. The van der Waals surface area contributed by atoms with E-state index in [0.717, 1.165) is 66.0 Å². The van der Waals surface area contributed by atoms with E-state index >= 15 is 0 Å². The number of fused-ring (bicyclic) bond motifs is 1. The molecule has 1 N–H and O–H groups in total. The Morgan fingerprint density at radius 2 is 1.62 bits per heavy atom. The van der Waals surface area contributed by atoms with Crippen molar-refractivity contribution < 1.29 is 14.3 Å². The van der Waals surface area contributed by atoms with Gasteiger partial charge in [-0.15, -0.1) is 0 Å². The number of hydrogen-bond acceptors (Lipinski definition) is 4. The summed E-state index contributed by atoms with van der Waals surface area (Å²) >= 11 is 0. The fourth-order valence-corrected chi connectivity index (χ4v) is 4.94. The van der Waals surface area contributed by atoms with Crippen LogP contribution in [-0.2, 0) is 16.0 Å². The minimum absolute atomic E-state index is 0.186. The van der Waals surface area contributed by atoms with E-state index in [9.17, 15) is 9.59 Å². The molecule has 0 bridgehead atoms. The van der Waals surface area contributed by atoms with E-state index in [-0.39, 0.29) is 23.6 Å². The molecule has 0 unspecified atom stereocenters. The molecule has 0 saturated carbocycles. The molecule has 134 valence electrons. The van der Waals surface area contributed by atoms with Gasteiger partial charge in [0.05, 0.1) is 0 Å². The normalized spacial score (nSPS) is 25.5. The summed E-state index contributed by atoms with van der Waals surface area (Å²) < 4.78 is 5.83. The van der Waals surface area contributed by atoms with Crippen molar-refractivity contribution in [2.45, 2.75) is 63.9 Å². The maximum absolute atomic E-state index is 12.8. The third-order valence-corrected chi connectivity index (χ3v) is 6.04. The highest BCUT2D eigenvalue weighted by Crippen LogP contribution is 2.46. The zero-order valence-electron chi connectivity index (χ0n) is 15.1. The lowest BCUT2D eigenvalue weighted by Gasteiger charge is -2.37. The SMILES string of the molecule is C[C@@H]1Cc2cc(C3C4=C(CCCC4=O)NC4=C3C(=O)CCC4)ccc2O1. The predicted octanol–water partition coefficient (Wildman–Crippen LogP) is 3.71. The Kier molecular flexibility index (Phi) is 3.56. The van der Waals surface area contributed by atoms with E-state index in [1.165, 1.54) is 5.56 Å². The van der Waals surface area contributed by atoms with Gasteiger partial charge in [-0.2, -0.15) is 0 Å². The fraction of sp³-hybridized carbons (Fsp3) is 0.455. The monoisotopic (exact) mass is 349 g/mol. The van der Waals surface area contributed by atoms with E-state index in [1.54, 1.807) is 0 Å². The van der Waals surface area contributed by atoms with Gasteiger partial charge in [-0.25, -0.2) is 0 Å².